The van der Waals surface area contributed by atoms with Crippen LogP contribution in [0, 0.1) is 0 Å². The summed E-state index contributed by atoms with van der Waals surface area (Å²) >= 11 is 1.27. The summed E-state index contributed by atoms with van der Waals surface area (Å²) in [7, 11) is 0. The first-order valence-electron chi connectivity index (χ1n) is 6.57. The van der Waals surface area contributed by atoms with Crippen molar-refractivity contribution in [2.24, 2.45) is 0 Å². The Kier molecular flexibility index (Phi) is 4.11. The molecular formula is C14H11N5O3S. The molecule has 0 aliphatic heterocycles. The molecule has 0 aliphatic carbocycles. The van der Waals surface area contributed by atoms with Crippen molar-refractivity contribution in [1.29, 1.82) is 0 Å². The Morgan fingerprint density at radius 2 is 2.22 bits per heavy atom. The summed E-state index contributed by atoms with van der Waals surface area (Å²) in [6, 6.07) is 4.85. The third-order valence-electron chi connectivity index (χ3n) is 2.92. The zero-order valence-electron chi connectivity index (χ0n) is 11.7. The smallest absolute Gasteiger partial charge is 0.300 e. The molecule has 9 heteroatoms. The van der Waals surface area contributed by atoms with Crippen LogP contribution in [-0.4, -0.2) is 25.4 Å². The van der Waals surface area contributed by atoms with Gasteiger partial charge in [-0.15, -0.1) is 11.3 Å². The van der Waals surface area contributed by atoms with Crippen molar-refractivity contribution in [3.05, 3.63) is 63.0 Å². The fourth-order valence-electron chi connectivity index (χ4n) is 1.86. The lowest BCUT2D eigenvalue weighted by Gasteiger charge is -2.04. The third-order valence-corrected chi connectivity index (χ3v) is 3.68. The monoisotopic (exact) mass is 329 g/mol. The van der Waals surface area contributed by atoms with Crippen molar-refractivity contribution in [3.63, 3.8) is 0 Å². The Bertz CT molecular complexity index is 945. The van der Waals surface area contributed by atoms with E-state index in [2.05, 4.69) is 20.3 Å². The van der Waals surface area contributed by atoms with Crippen molar-refractivity contribution in [3.8, 4) is 11.3 Å². The molecule has 0 spiro atoms. The van der Waals surface area contributed by atoms with Crippen LogP contribution in [0.15, 0.2) is 51.8 Å². The van der Waals surface area contributed by atoms with Crippen LogP contribution in [0.3, 0.4) is 0 Å². The van der Waals surface area contributed by atoms with Gasteiger partial charge in [-0.25, -0.2) is 9.78 Å². The molecule has 3 heterocycles. The topological polar surface area (TPSA) is 110 Å². The second-order valence-electron chi connectivity index (χ2n) is 4.57. The number of hydrogen-bond donors (Lipinski definition) is 2. The van der Waals surface area contributed by atoms with Crippen molar-refractivity contribution in [2.45, 2.75) is 6.54 Å². The lowest BCUT2D eigenvalue weighted by atomic mass is 10.2. The fraction of sp³-hybridized carbons (Fsp3) is 0.0714. The SMILES string of the molecule is O=C(Cn1ccc(=O)[nH]c1=O)Nc1nc(-c2cccnc2)cs1. The van der Waals surface area contributed by atoms with Gasteiger partial charge in [0.05, 0.1) is 5.69 Å². The van der Waals surface area contributed by atoms with Crippen molar-refractivity contribution >= 4 is 22.4 Å². The zero-order chi connectivity index (χ0) is 16.2. The molecule has 3 aromatic heterocycles. The average Bonchev–Trinajstić information content (AvgIpc) is 2.99. The van der Waals surface area contributed by atoms with E-state index in [0.717, 1.165) is 10.1 Å². The number of aromatic nitrogens is 4. The summed E-state index contributed by atoms with van der Waals surface area (Å²) in [6.07, 6.45) is 4.62. The molecule has 0 aliphatic rings. The van der Waals surface area contributed by atoms with Crippen LogP contribution < -0.4 is 16.6 Å². The van der Waals surface area contributed by atoms with Crippen LogP contribution in [0.25, 0.3) is 11.3 Å². The van der Waals surface area contributed by atoms with E-state index in [1.807, 2.05) is 6.07 Å². The van der Waals surface area contributed by atoms with E-state index in [-0.39, 0.29) is 6.54 Å². The Labute approximate surface area is 133 Å². The number of aromatic amines is 1. The van der Waals surface area contributed by atoms with E-state index in [1.54, 1.807) is 23.8 Å². The maximum absolute atomic E-state index is 12.0. The number of carbonyl (C=O) groups is 1. The number of pyridine rings is 1. The molecule has 2 N–H and O–H groups in total. The van der Waals surface area contributed by atoms with E-state index < -0.39 is 17.2 Å². The molecule has 3 rings (SSSR count). The number of hydrogen-bond acceptors (Lipinski definition) is 6. The predicted octanol–water partition coefficient (Wildman–Crippen LogP) is 0.694. The Morgan fingerprint density at radius 3 is 2.96 bits per heavy atom. The summed E-state index contributed by atoms with van der Waals surface area (Å²) in [5, 5.41) is 4.85. The summed E-state index contributed by atoms with van der Waals surface area (Å²) in [4.78, 5) is 44.9. The van der Waals surface area contributed by atoms with Gasteiger partial charge in [0.25, 0.3) is 5.56 Å². The first-order chi connectivity index (χ1) is 11.1. The van der Waals surface area contributed by atoms with Crippen LogP contribution in [0.4, 0.5) is 5.13 Å². The molecular weight excluding hydrogens is 318 g/mol. The van der Waals surface area contributed by atoms with Gasteiger partial charge in [-0.05, 0) is 12.1 Å². The van der Waals surface area contributed by atoms with Gasteiger partial charge >= 0.3 is 5.69 Å². The largest absolute Gasteiger partial charge is 0.328 e. The van der Waals surface area contributed by atoms with Gasteiger partial charge in [0.15, 0.2) is 5.13 Å². The normalized spacial score (nSPS) is 10.4. The Hall–Kier alpha value is -3.07. The van der Waals surface area contributed by atoms with Gasteiger partial charge in [0.1, 0.15) is 6.54 Å². The molecule has 1 amide bonds. The van der Waals surface area contributed by atoms with E-state index in [4.69, 9.17) is 0 Å². The van der Waals surface area contributed by atoms with Gasteiger partial charge in [-0.2, -0.15) is 0 Å². The average molecular weight is 329 g/mol. The highest BCUT2D eigenvalue weighted by Gasteiger charge is 2.09. The molecule has 116 valence electrons. The van der Waals surface area contributed by atoms with Crippen molar-refractivity contribution in [2.75, 3.05) is 5.32 Å². The van der Waals surface area contributed by atoms with E-state index in [1.165, 1.54) is 23.6 Å². The van der Waals surface area contributed by atoms with E-state index in [9.17, 15) is 14.4 Å². The number of thiazole rings is 1. The summed E-state index contributed by atoms with van der Waals surface area (Å²) in [5.74, 6) is -0.411. The number of amides is 1. The van der Waals surface area contributed by atoms with Gasteiger partial charge in [-0.1, -0.05) is 0 Å². The second-order valence-corrected chi connectivity index (χ2v) is 5.42. The van der Waals surface area contributed by atoms with Gasteiger partial charge in [-0.3, -0.25) is 24.1 Å². The molecule has 23 heavy (non-hydrogen) atoms. The standard InChI is InChI=1S/C14H11N5O3S/c20-11-3-5-19(14(22)18-11)7-12(21)17-13-16-10(8-23-13)9-2-1-4-15-6-9/h1-6,8H,7H2,(H,16,17,21)(H,18,20,22). The molecule has 0 atom stereocenters. The first-order valence-corrected chi connectivity index (χ1v) is 7.45. The number of H-pyrrole nitrogens is 1. The highest BCUT2D eigenvalue weighted by Crippen LogP contribution is 2.23. The third kappa shape index (κ3) is 3.58. The van der Waals surface area contributed by atoms with E-state index in [0.29, 0.717) is 10.8 Å². The zero-order valence-corrected chi connectivity index (χ0v) is 12.5. The van der Waals surface area contributed by atoms with Crippen LogP contribution in [-0.2, 0) is 11.3 Å². The molecule has 0 saturated carbocycles. The minimum Gasteiger partial charge on any atom is -0.300 e. The van der Waals surface area contributed by atoms with Gasteiger partial charge < -0.3 is 5.32 Å². The molecule has 0 fully saturated rings. The second kappa shape index (κ2) is 6.36. The first kappa shape index (κ1) is 14.9. The molecule has 0 unspecified atom stereocenters. The molecule has 0 aromatic carbocycles. The lowest BCUT2D eigenvalue weighted by molar-refractivity contribution is -0.116. The van der Waals surface area contributed by atoms with E-state index >= 15 is 0 Å². The van der Waals surface area contributed by atoms with Crippen LogP contribution in [0.2, 0.25) is 0 Å². The number of nitrogens with one attached hydrogen (secondary N) is 2. The number of anilines is 1. The number of rotatable bonds is 4. The van der Waals surface area contributed by atoms with Crippen molar-refractivity contribution in [1.82, 2.24) is 19.5 Å². The molecule has 0 saturated heterocycles. The minimum atomic E-state index is -0.636. The Morgan fingerprint density at radius 1 is 1.35 bits per heavy atom. The van der Waals surface area contributed by atoms with Crippen LogP contribution in [0.5, 0.6) is 0 Å². The van der Waals surface area contributed by atoms with Crippen LogP contribution >= 0.6 is 11.3 Å². The molecule has 0 bridgehead atoms. The van der Waals surface area contributed by atoms with Gasteiger partial charge in [0.2, 0.25) is 5.91 Å². The van der Waals surface area contributed by atoms with Crippen molar-refractivity contribution < 1.29 is 4.79 Å². The quantitative estimate of drug-likeness (QED) is 0.732. The maximum Gasteiger partial charge on any atom is 0.328 e. The summed E-state index contributed by atoms with van der Waals surface area (Å²) in [6.45, 7) is -0.211. The summed E-state index contributed by atoms with van der Waals surface area (Å²) < 4.78 is 1.10. The molecule has 0 radical (unpaired) electrons. The highest BCUT2D eigenvalue weighted by atomic mass is 32.1. The minimum absolute atomic E-state index is 0.211. The predicted molar refractivity (Wildman–Crippen MR) is 85.3 cm³/mol. The number of nitrogens with zero attached hydrogens (tertiary/aromatic N) is 3. The summed E-state index contributed by atoms with van der Waals surface area (Å²) in [5.41, 5.74) is 0.413. The highest BCUT2D eigenvalue weighted by molar-refractivity contribution is 7.14. The number of carbonyl (C=O) groups excluding carboxylic acids is 1. The Balaban J connectivity index is 1.70. The molecule has 3 aromatic rings. The fourth-order valence-corrected chi connectivity index (χ4v) is 2.60. The molecule has 8 nitrogen and oxygen atoms in total. The maximum atomic E-state index is 12.0. The van der Waals surface area contributed by atoms with Crippen LogP contribution in [0.1, 0.15) is 0 Å². The van der Waals surface area contributed by atoms with Gasteiger partial charge in [0, 0.05) is 35.6 Å². The lowest BCUT2D eigenvalue weighted by Crippen LogP contribution is -2.32.